The predicted molar refractivity (Wildman–Crippen MR) is 110 cm³/mol. The summed E-state index contributed by atoms with van der Waals surface area (Å²) in [5, 5.41) is 0. The van der Waals surface area contributed by atoms with Gasteiger partial charge in [-0.25, -0.2) is 4.98 Å². The number of nitrogens with zero attached hydrogens (tertiary/aromatic N) is 3. The van der Waals surface area contributed by atoms with Crippen LogP contribution in [0.1, 0.15) is 0 Å². The van der Waals surface area contributed by atoms with Gasteiger partial charge in [0.05, 0.1) is 22.3 Å². The number of aromatic amines is 1. The highest BCUT2D eigenvalue weighted by atomic mass is 15.2. The Morgan fingerprint density at radius 2 is 1.70 bits per heavy atom. The molecule has 0 radical (unpaired) electrons. The molecule has 0 atom stereocenters. The van der Waals surface area contributed by atoms with E-state index in [1.807, 2.05) is 42.7 Å². The minimum atomic E-state index is 0.547. The van der Waals surface area contributed by atoms with Crippen molar-refractivity contribution in [1.29, 1.82) is 0 Å². The molecule has 134 valence electrons. The average molecular weight is 355 g/mol. The Labute approximate surface area is 157 Å². The third-order valence-electron chi connectivity index (χ3n) is 5.25. The molecule has 1 aliphatic rings. The SMILES string of the molecule is NCC1CN(c2c(-c3ccccc3)cncc2-c2nc3ccccc3[nH]2)C1. The van der Waals surface area contributed by atoms with Crippen LogP contribution in [0.4, 0.5) is 5.69 Å². The first-order chi connectivity index (χ1) is 13.3. The topological polar surface area (TPSA) is 70.8 Å². The molecule has 5 rings (SSSR count). The van der Waals surface area contributed by atoms with E-state index in [1.54, 1.807) is 0 Å². The van der Waals surface area contributed by atoms with Gasteiger partial charge in [-0.3, -0.25) is 4.98 Å². The zero-order valence-electron chi connectivity index (χ0n) is 15.0. The van der Waals surface area contributed by atoms with Crippen molar-refractivity contribution in [1.82, 2.24) is 15.0 Å². The highest BCUT2D eigenvalue weighted by Crippen LogP contribution is 2.41. The van der Waals surface area contributed by atoms with Crippen LogP contribution in [-0.4, -0.2) is 34.6 Å². The Balaban J connectivity index is 1.68. The van der Waals surface area contributed by atoms with E-state index in [0.717, 1.165) is 53.2 Å². The van der Waals surface area contributed by atoms with Gasteiger partial charge in [0, 0.05) is 37.0 Å². The number of para-hydroxylation sites is 2. The van der Waals surface area contributed by atoms with Crippen molar-refractivity contribution in [2.75, 3.05) is 24.5 Å². The van der Waals surface area contributed by atoms with E-state index in [4.69, 9.17) is 10.7 Å². The molecule has 2 aromatic heterocycles. The molecule has 0 spiro atoms. The number of pyridine rings is 1. The molecular weight excluding hydrogens is 334 g/mol. The lowest BCUT2D eigenvalue weighted by Gasteiger charge is -2.42. The first kappa shape index (κ1) is 16.0. The zero-order valence-corrected chi connectivity index (χ0v) is 15.0. The highest BCUT2D eigenvalue weighted by Gasteiger charge is 2.30. The summed E-state index contributed by atoms with van der Waals surface area (Å²) < 4.78 is 0. The fraction of sp³-hybridized carbons (Fsp3) is 0.182. The molecule has 2 aromatic carbocycles. The number of aromatic nitrogens is 3. The van der Waals surface area contributed by atoms with Crippen molar-refractivity contribution >= 4 is 16.7 Å². The van der Waals surface area contributed by atoms with Crippen LogP contribution in [0.15, 0.2) is 67.0 Å². The van der Waals surface area contributed by atoms with Gasteiger partial charge in [-0.2, -0.15) is 0 Å². The molecule has 1 aliphatic heterocycles. The fourth-order valence-electron chi connectivity index (χ4n) is 3.78. The summed E-state index contributed by atoms with van der Waals surface area (Å²) in [6.45, 7) is 2.66. The number of fused-ring (bicyclic) bond motifs is 1. The van der Waals surface area contributed by atoms with Gasteiger partial charge in [-0.05, 0) is 24.2 Å². The van der Waals surface area contributed by atoms with E-state index in [9.17, 15) is 0 Å². The standard InChI is InChI=1S/C22H21N5/c23-10-15-13-27(14-15)21-17(16-6-2-1-3-7-16)11-24-12-18(21)22-25-19-8-4-5-9-20(19)26-22/h1-9,11-12,15H,10,13-14,23H2,(H,25,26). The molecule has 1 saturated heterocycles. The Hall–Kier alpha value is -3.18. The van der Waals surface area contributed by atoms with E-state index in [1.165, 1.54) is 5.69 Å². The zero-order chi connectivity index (χ0) is 18.2. The number of benzene rings is 2. The summed E-state index contributed by atoms with van der Waals surface area (Å²) in [5.41, 5.74) is 12.4. The molecule has 4 aromatic rings. The maximum absolute atomic E-state index is 5.87. The number of hydrogen-bond acceptors (Lipinski definition) is 4. The van der Waals surface area contributed by atoms with Crippen LogP contribution in [0.5, 0.6) is 0 Å². The Bertz CT molecular complexity index is 1050. The van der Waals surface area contributed by atoms with Gasteiger partial charge in [-0.15, -0.1) is 0 Å². The second kappa shape index (κ2) is 6.52. The van der Waals surface area contributed by atoms with Gasteiger partial charge in [0.1, 0.15) is 5.82 Å². The van der Waals surface area contributed by atoms with E-state index >= 15 is 0 Å². The number of nitrogens with one attached hydrogen (secondary N) is 1. The number of nitrogens with two attached hydrogens (primary N) is 1. The predicted octanol–water partition coefficient (Wildman–Crippen LogP) is 3.69. The molecule has 5 heteroatoms. The van der Waals surface area contributed by atoms with E-state index < -0.39 is 0 Å². The molecular formula is C22H21N5. The van der Waals surface area contributed by atoms with Crippen LogP contribution >= 0.6 is 0 Å². The summed E-state index contributed by atoms with van der Waals surface area (Å²) in [4.78, 5) is 15.2. The fourth-order valence-corrected chi connectivity index (χ4v) is 3.78. The van der Waals surface area contributed by atoms with Crippen LogP contribution in [0.2, 0.25) is 0 Å². The average Bonchev–Trinajstić information content (AvgIpc) is 3.12. The summed E-state index contributed by atoms with van der Waals surface area (Å²) in [6.07, 6.45) is 3.86. The monoisotopic (exact) mass is 355 g/mol. The number of hydrogen-bond donors (Lipinski definition) is 2. The lowest BCUT2D eigenvalue weighted by molar-refractivity contribution is 0.421. The van der Waals surface area contributed by atoms with Gasteiger partial charge < -0.3 is 15.6 Å². The molecule has 1 fully saturated rings. The number of imidazole rings is 1. The minimum Gasteiger partial charge on any atom is -0.370 e. The maximum Gasteiger partial charge on any atom is 0.142 e. The van der Waals surface area contributed by atoms with E-state index in [0.29, 0.717) is 5.92 Å². The summed E-state index contributed by atoms with van der Waals surface area (Å²) in [7, 11) is 0. The Morgan fingerprint density at radius 1 is 0.963 bits per heavy atom. The second-order valence-corrected chi connectivity index (χ2v) is 7.06. The normalized spacial score (nSPS) is 14.5. The number of anilines is 1. The molecule has 0 saturated carbocycles. The second-order valence-electron chi connectivity index (χ2n) is 7.06. The van der Waals surface area contributed by atoms with Crippen LogP contribution < -0.4 is 10.6 Å². The van der Waals surface area contributed by atoms with Gasteiger partial charge in [0.2, 0.25) is 0 Å². The molecule has 0 bridgehead atoms. The van der Waals surface area contributed by atoms with E-state index in [-0.39, 0.29) is 0 Å². The molecule has 3 heterocycles. The van der Waals surface area contributed by atoms with Crippen molar-refractivity contribution in [2.24, 2.45) is 11.7 Å². The summed E-state index contributed by atoms with van der Waals surface area (Å²) in [5.74, 6) is 1.40. The highest BCUT2D eigenvalue weighted by molar-refractivity contribution is 5.91. The third-order valence-corrected chi connectivity index (χ3v) is 5.25. The third kappa shape index (κ3) is 2.76. The lowest BCUT2D eigenvalue weighted by Crippen LogP contribution is -2.50. The number of rotatable bonds is 4. The molecule has 3 N–H and O–H groups in total. The van der Waals surface area contributed by atoms with Gasteiger partial charge in [0.25, 0.3) is 0 Å². The first-order valence-electron chi connectivity index (χ1n) is 9.27. The van der Waals surface area contributed by atoms with Crippen LogP contribution in [0.25, 0.3) is 33.5 Å². The van der Waals surface area contributed by atoms with Gasteiger partial charge in [-0.1, -0.05) is 42.5 Å². The van der Waals surface area contributed by atoms with Crippen LogP contribution in [-0.2, 0) is 0 Å². The largest absolute Gasteiger partial charge is 0.370 e. The summed E-state index contributed by atoms with van der Waals surface area (Å²) >= 11 is 0. The van der Waals surface area contributed by atoms with Crippen molar-refractivity contribution in [3.63, 3.8) is 0 Å². The molecule has 0 aliphatic carbocycles. The van der Waals surface area contributed by atoms with Crippen LogP contribution in [0.3, 0.4) is 0 Å². The summed E-state index contributed by atoms with van der Waals surface area (Å²) in [6, 6.07) is 18.5. The van der Waals surface area contributed by atoms with Crippen molar-refractivity contribution in [2.45, 2.75) is 0 Å². The van der Waals surface area contributed by atoms with Crippen molar-refractivity contribution < 1.29 is 0 Å². The first-order valence-corrected chi connectivity index (χ1v) is 9.27. The van der Waals surface area contributed by atoms with Crippen molar-refractivity contribution in [3.8, 4) is 22.5 Å². The maximum atomic E-state index is 5.87. The van der Waals surface area contributed by atoms with Crippen molar-refractivity contribution in [3.05, 3.63) is 67.0 Å². The molecule has 0 amide bonds. The molecule has 5 nitrogen and oxygen atoms in total. The molecule has 0 unspecified atom stereocenters. The quantitative estimate of drug-likeness (QED) is 0.586. The lowest BCUT2D eigenvalue weighted by atomic mass is 9.94. The Kier molecular flexibility index (Phi) is 3.87. The van der Waals surface area contributed by atoms with E-state index in [2.05, 4.69) is 39.1 Å². The van der Waals surface area contributed by atoms with Crippen LogP contribution in [0, 0.1) is 5.92 Å². The Morgan fingerprint density at radius 3 is 2.48 bits per heavy atom. The minimum absolute atomic E-state index is 0.547. The van der Waals surface area contributed by atoms with Gasteiger partial charge in [0.15, 0.2) is 0 Å². The van der Waals surface area contributed by atoms with Gasteiger partial charge >= 0.3 is 0 Å². The smallest absolute Gasteiger partial charge is 0.142 e. The number of H-pyrrole nitrogens is 1. The molecule has 27 heavy (non-hydrogen) atoms.